The minimum atomic E-state index is -0.434. The van der Waals surface area contributed by atoms with Gasteiger partial charge in [-0.25, -0.2) is 4.79 Å². The fraction of sp³-hybridized carbons (Fsp3) is 0.308. The van der Waals surface area contributed by atoms with Gasteiger partial charge < -0.3 is 13.9 Å². The minimum absolute atomic E-state index is 0.000198. The van der Waals surface area contributed by atoms with Crippen LogP contribution < -0.4 is 11.2 Å². The summed E-state index contributed by atoms with van der Waals surface area (Å²) >= 11 is 5.76. The molecule has 0 unspecified atom stereocenters. The lowest BCUT2D eigenvalue weighted by atomic mass is 10.2. The molecular weight excluding hydrogens is 298 g/mol. The predicted octanol–water partition coefficient (Wildman–Crippen LogP) is 0.603. The molecule has 0 radical (unpaired) electrons. The molecule has 21 heavy (non-hydrogen) atoms. The van der Waals surface area contributed by atoms with E-state index in [0.717, 1.165) is 4.57 Å². The zero-order valence-electron chi connectivity index (χ0n) is 11.8. The summed E-state index contributed by atoms with van der Waals surface area (Å²) < 4.78 is 7.16. The van der Waals surface area contributed by atoms with E-state index in [1.54, 1.807) is 7.05 Å². The van der Waals surface area contributed by atoms with E-state index in [4.69, 9.17) is 16.0 Å². The third kappa shape index (κ3) is 2.78. The zero-order chi connectivity index (χ0) is 15.7. The predicted molar refractivity (Wildman–Crippen MR) is 76.4 cm³/mol. The topological polar surface area (TPSA) is 77.5 Å². The van der Waals surface area contributed by atoms with Crippen molar-refractivity contribution in [2.45, 2.75) is 6.54 Å². The molecule has 1 amide bonds. The maximum absolute atomic E-state index is 12.2. The molecule has 0 spiro atoms. The summed E-state index contributed by atoms with van der Waals surface area (Å²) in [5.74, 6) is -0.371. The first-order valence-corrected chi connectivity index (χ1v) is 6.44. The Morgan fingerprint density at radius 2 is 2.05 bits per heavy atom. The van der Waals surface area contributed by atoms with Gasteiger partial charge in [-0.3, -0.25) is 14.2 Å². The first-order valence-electron chi connectivity index (χ1n) is 6.07. The van der Waals surface area contributed by atoms with E-state index in [1.165, 1.54) is 42.1 Å². The van der Waals surface area contributed by atoms with Crippen molar-refractivity contribution in [3.8, 4) is 0 Å². The Morgan fingerprint density at radius 3 is 2.62 bits per heavy atom. The van der Waals surface area contributed by atoms with E-state index < -0.39 is 11.2 Å². The number of nitrogens with zero attached hydrogens (tertiary/aromatic N) is 3. The van der Waals surface area contributed by atoms with Crippen LogP contribution in [0.4, 0.5) is 0 Å². The second-order valence-corrected chi connectivity index (χ2v) is 5.02. The number of rotatable bonds is 3. The van der Waals surface area contributed by atoms with Gasteiger partial charge in [0.2, 0.25) is 5.22 Å². The number of carbonyl (C=O) groups excluding carboxylic acids is 1. The molecule has 112 valence electrons. The Bertz CT molecular complexity index is 802. The van der Waals surface area contributed by atoms with Crippen LogP contribution in [0.1, 0.15) is 15.9 Å². The highest BCUT2D eigenvalue weighted by atomic mass is 35.5. The molecular formula is C13H14ClN3O4. The van der Waals surface area contributed by atoms with E-state index in [-0.39, 0.29) is 23.2 Å². The second-order valence-electron chi connectivity index (χ2n) is 4.68. The van der Waals surface area contributed by atoms with Gasteiger partial charge in [0, 0.05) is 27.3 Å². The highest BCUT2D eigenvalue weighted by Crippen LogP contribution is 2.18. The summed E-state index contributed by atoms with van der Waals surface area (Å²) in [6.07, 6.45) is 2.74. The summed E-state index contributed by atoms with van der Waals surface area (Å²) in [6, 6.07) is 1.46. The maximum Gasteiger partial charge on any atom is 0.330 e. The van der Waals surface area contributed by atoms with E-state index in [1.807, 2.05) is 0 Å². The molecule has 2 aromatic rings. The van der Waals surface area contributed by atoms with Gasteiger partial charge >= 0.3 is 5.69 Å². The summed E-state index contributed by atoms with van der Waals surface area (Å²) in [4.78, 5) is 37.1. The molecule has 0 N–H and O–H groups in total. The number of hydrogen-bond donors (Lipinski definition) is 0. The molecule has 2 heterocycles. The minimum Gasteiger partial charge on any atom is -0.452 e. The van der Waals surface area contributed by atoms with E-state index in [0.29, 0.717) is 5.56 Å². The van der Waals surface area contributed by atoms with Crippen molar-refractivity contribution in [2.24, 2.45) is 14.1 Å². The van der Waals surface area contributed by atoms with E-state index in [9.17, 15) is 14.4 Å². The monoisotopic (exact) mass is 311 g/mol. The highest BCUT2D eigenvalue weighted by Gasteiger charge is 2.19. The number of hydrogen-bond acceptors (Lipinski definition) is 4. The number of furan rings is 1. The van der Waals surface area contributed by atoms with Gasteiger partial charge in [-0.05, 0) is 17.7 Å². The largest absolute Gasteiger partial charge is 0.452 e. The van der Waals surface area contributed by atoms with Crippen LogP contribution in [0.5, 0.6) is 0 Å². The molecule has 0 atom stereocenters. The molecule has 0 saturated heterocycles. The summed E-state index contributed by atoms with van der Waals surface area (Å²) in [5.41, 5.74) is -0.303. The molecule has 0 aromatic carbocycles. The number of halogens is 1. The van der Waals surface area contributed by atoms with Crippen LogP contribution in [0.25, 0.3) is 0 Å². The highest BCUT2D eigenvalue weighted by molar-refractivity contribution is 6.32. The zero-order valence-corrected chi connectivity index (χ0v) is 12.5. The van der Waals surface area contributed by atoms with E-state index in [2.05, 4.69) is 0 Å². The van der Waals surface area contributed by atoms with Crippen LogP contribution in [0.15, 0.2) is 32.5 Å². The summed E-state index contributed by atoms with van der Waals surface area (Å²) in [6.45, 7) is 0.0567. The van der Waals surface area contributed by atoms with Crippen LogP contribution in [-0.4, -0.2) is 27.0 Å². The van der Waals surface area contributed by atoms with Crippen molar-refractivity contribution in [1.82, 2.24) is 14.0 Å². The van der Waals surface area contributed by atoms with Gasteiger partial charge in [0.1, 0.15) is 0 Å². The Kier molecular flexibility index (Phi) is 4.04. The quantitative estimate of drug-likeness (QED) is 0.832. The van der Waals surface area contributed by atoms with Gasteiger partial charge in [0.15, 0.2) is 0 Å². The van der Waals surface area contributed by atoms with E-state index >= 15 is 0 Å². The summed E-state index contributed by atoms with van der Waals surface area (Å²) in [5, 5.41) is 0.000198. The van der Waals surface area contributed by atoms with Crippen LogP contribution in [0.3, 0.4) is 0 Å². The Hall–Kier alpha value is -2.28. The molecule has 2 rings (SSSR count). The smallest absolute Gasteiger partial charge is 0.330 e. The van der Waals surface area contributed by atoms with Crippen molar-refractivity contribution in [1.29, 1.82) is 0 Å². The number of carbonyl (C=O) groups is 1. The third-order valence-electron chi connectivity index (χ3n) is 3.12. The van der Waals surface area contributed by atoms with Crippen LogP contribution in [0.2, 0.25) is 5.22 Å². The van der Waals surface area contributed by atoms with Crippen molar-refractivity contribution < 1.29 is 9.21 Å². The lowest BCUT2D eigenvalue weighted by molar-refractivity contribution is 0.0783. The van der Waals surface area contributed by atoms with Crippen molar-refractivity contribution in [3.05, 3.63) is 55.7 Å². The Balaban J connectivity index is 2.31. The molecule has 0 saturated carbocycles. The lowest BCUT2D eigenvalue weighted by Crippen LogP contribution is -2.40. The first-order chi connectivity index (χ1) is 9.82. The lowest BCUT2D eigenvalue weighted by Gasteiger charge is -2.17. The number of amides is 1. The van der Waals surface area contributed by atoms with Crippen LogP contribution in [0, 0.1) is 0 Å². The van der Waals surface area contributed by atoms with Crippen LogP contribution in [-0.2, 0) is 20.6 Å². The fourth-order valence-electron chi connectivity index (χ4n) is 1.97. The van der Waals surface area contributed by atoms with Gasteiger partial charge in [-0.2, -0.15) is 0 Å². The van der Waals surface area contributed by atoms with Gasteiger partial charge in [-0.1, -0.05) is 0 Å². The van der Waals surface area contributed by atoms with Gasteiger partial charge in [0.05, 0.1) is 23.9 Å². The Morgan fingerprint density at radius 1 is 1.38 bits per heavy atom. The van der Waals surface area contributed by atoms with Gasteiger partial charge in [0.25, 0.3) is 11.5 Å². The molecule has 2 aromatic heterocycles. The van der Waals surface area contributed by atoms with Gasteiger partial charge in [-0.15, -0.1) is 0 Å². The Labute approximate surface area is 125 Å². The first kappa shape index (κ1) is 15.1. The number of aromatic nitrogens is 2. The maximum atomic E-state index is 12.2. The van der Waals surface area contributed by atoms with Crippen molar-refractivity contribution >= 4 is 17.5 Å². The molecule has 8 heteroatoms. The molecule has 7 nitrogen and oxygen atoms in total. The van der Waals surface area contributed by atoms with Crippen molar-refractivity contribution in [2.75, 3.05) is 7.05 Å². The summed E-state index contributed by atoms with van der Waals surface area (Å²) in [7, 11) is 4.47. The third-order valence-corrected chi connectivity index (χ3v) is 3.41. The molecule has 0 aliphatic carbocycles. The fourth-order valence-corrected chi connectivity index (χ4v) is 2.17. The second kappa shape index (κ2) is 5.61. The normalized spacial score (nSPS) is 10.7. The SMILES string of the molecule is CN(Cc1cn(C)c(=O)n(C)c1=O)C(=O)c1ccoc1Cl. The molecule has 0 bridgehead atoms. The van der Waals surface area contributed by atoms with Crippen molar-refractivity contribution in [3.63, 3.8) is 0 Å². The average molecular weight is 312 g/mol. The molecule has 0 aliphatic heterocycles. The standard InChI is InChI=1S/C13H14ClN3O4/c1-15(12(19)9-4-5-21-10(9)14)6-8-7-16(2)13(20)17(3)11(8)18/h4-5,7H,6H2,1-3H3. The molecule has 0 fully saturated rings. The molecule has 0 aliphatic rings. The average Bonchev–Trinajstić information content (AvgIpc) is 2.87. The van der Waals surface area contributed by atoms with Crippen LogP contribution >= 0.6 is 11.6 Å². The number of aryl methyl sites for hydroxylation is 1.